The lowest BCUT2D eigenvalue weighted by molar-refractivity contribution is 0.205. The third-order valence-electron chi connectivity index (χ3n) is 4.46. The fourth-order valence-electron chi connectivity index (χ4n) is 3.59. The van der Waals surface area contributed by atoms with E-state index in [1.54, 1.807) is 0 Å². The number of fused-ring (bicyclic) bond motifs is 2. The van der Waals surface area contributed by atoms with Crippen LogP contribution in [0.1, 0.15) is 36.0 Å². The Balaban J connectivity index is 1.77. The molecule has 92 valence electrons. The van der Waals surface area contributed by atoms with E-state index in [-0.39, 0.29) is 0 Å². The Morgan fingerprint density at radius 1 is 1.24 bits per heavy atom. The Morgan fingerprint density at radius 2 is 1.94 bits per heavy atom. The summed E-state index contributed by atoms with van der Waals surface area (Å²) in [7, 11) is 0. The standard InChI is InChI=1S/C15H21NO/c1-10-5-13(6-11(2)15(10)17)9-16-8-12-3-4-14(16)7-12/h5-6,12,14,17H,3-4,7-9H2,1-2H3. The van der Waals surface area contributed by atoms with Gasteiger partial charge in [-0.1, -0.05) is 12.1 Å². The molecule has 0 aromatic heterocycles. The molecule has 2 fully saturated rings. The topological polar surface area (TPSA) is 23.5 Å². The van der Waals surface area contributed by atoms with E-state index >= 15 is 0 Å². The van der Waals surface area contributed by atoms with Gasteiger partial charge in [-0.25, -0.2) is 0 Å². The molecule has 2 heteroatoms. The molecule has 2 aliphatic rings. The fourth-order valence-corrected chi connectivity index (χ4v) is 3.59. The highest BCUT2D eigenvalue weighted by atomic mass is 16.3. The predicted octanol–water partition coefficient (Wildman–Crippen LogP) is 2.99. The van der Waals surface area contributed by atoms with Crippen molar-refractivity contribution in [2.24, 2.45) is 5.92 Å². The smallest absolute Gasteiger partial charge is 0.121 e. The van der Waals surface area contributed by atoms with Gasteiger partial charge in [0.1, 0.15) is 5.75 Å². The van der Waals surface area contributed by atoms with Crippen LogP contribution in [0.15, 0.2) is 12.1 Å². The second-order valence-corrected chi connectivity index (χ2v) is 5.84. The zero-order valence-corrected chi connectivity index (χ0v) is 10.7. The van der Waals surface area contributed by atoms with E-state index in [0.717, 1.165) is 29.6 Å². The molecule has 17 heavy (non-hydrogen) atoms. The maximum absolute atomic E-state index is 9.78. The number of aromatic hydroxyl groups is 1. The minimum absolute atomic E-state index is 0.455. The van der Waals surface area contributed by atoms with Crippen molar-refractivity contribution in [2.75, 3.05) is 6.54 Å². The molecule has 2 nitrogen and oxygen atoms in total. The molecule has 0 spiro atoms. The molecular weight excluding hydrogens is 210 g/mol. The average Bonchev–Trinajstić information content (AvgIpc) is 2.87. The summed E-state index contributed by atoms with van der Waals surface area (Å²) in [6.07, 6.45) is 4.24. The molecule has 3 rings (SSSR count). The molecule has 1 heterocycles. The summed E-state index contributed by atoms with van der Waals surface area (Å²) >= 11 is 0. The van der Waals surface area contributed by atoms with Gasteiger partial charge < -0.3 is 5.11 Å². The van der Waals surface area contributed by atoms with E-state index in [1.807, 2.05) is 13.8 Å². The zero-order valence-electron chi connectivity index (χ0n) is 10.7. The van der Waals surface area contributed by atoms with Gasteiger partial charge in [0, 0.05) is 19.1 Å². The number of benzene rings is 1. The number of aryl methyl sites for hydroxylation is 2. The van der Waals surface area contributed by atoms with Gasteiger partial charge in [0.25, 0.3) is 0 Å². The lowest BCUT2D eigenvalue weighted by atomic mass is 10.0. The van der Waals surface area contributed by atoms with Crippen LogP contribution in [0.25, 0.3) is 0 Å². The van der Waals surface area contributed by atoms with E-state index in [9.17, 15) is 5.11 Å². The normalized spacial score (nSPS) is 27.9. The molecular formula is C15H21NO. The maximum Gasteiger partial charge on any atom is 0.121 e. The predicted molar refractivity (Wildman–Crippen MR) is 69.1 cm³/mol. The van der Waals surface area contributed by atoms with Gasteiger partial charge in [-0.15, -0.1) is 0 Å². The molecule has 1 saturated carbocycles. The molecule has 1 N–H and O–H groups in total. The molecule has 0 radical (unpaired) electrons. The van der Waals surface area contributed by atoms with Crippen LogP contribution >= 0.6 is 0 Å². The second-order valence-electron chi connectivity index (χ2n) is 5.84. The van der Waals surface area contributed by atoms with Gasteiger partial charge in [0.15, 0.2) is 0 Å². The summed E-state index contributed by atoms with van der Waals surface area (Å²) in [5, 5.41) is 9.78. The van der Waals surface area contributed by atoms with E-state index in [1.165, 1.54) is 31.4 Å². The molecule has 1 aromatic rings. The van der Waals surface area contributed by atoms with Crippen LogP contribution < -0.4 is 0 Å². The first-order chi connectivity index (χ1) is 8.13. The number of piperidine rings is 1. The summed E-state index contributed by atoms with van der Waals surface area (Å²) in [5.74, 6) is 1.41. The van der Waals surface area contributed by atoms with E-state index in [4.69, 9.17) is 0 Å². The van der Waals surface area contributed by atoms with Crippen LogP contribution in [-0.4, -0.2) is 22.6 Å². The molecule has 1 saturated heterocycles. The molecule has 1 aromatic carbocycles. The maximum atomic E-state index is 9.78. The highest BCUT2D eigenvalue weighted by Crippen LogP contribution is 2.38. The number of nitrogens with zero attached hydrogens (tertiary/aromatic N) is 1. The molecule has 1 aliphatic heterocycles. The van der Waals surface area contributed by atoms with Crippen molar-refractivity contribution in [3.8, 4) is 5.75 Å². The molecule has 2 bridgehead atoms. The first-order valence-electron chi connectivity index (χ1n) is 6.66. The molecule has 0 amide bonds. The van der Waals surface area contributed by atoms with Crippen molar-refractivity contribution in [1.29, 1.82) is 0 Å². The van der Waals surface area contributed by atoms with Crippen LogP contribution in [-0.2, 0) is 6.54 Å². The monoisotopic (exact) mass is 231 g/mol. The number of phenolic OH excluding ortho intramolecular Hbond substituents is 1. The van der Waals surface area contributed by atoms with Crippen LogP contribution in [0.2, 0.25) is 0 Å². The lowest BCUT2D eigenvalue weighted by Crippen LogP contribution is -2.31. The zero-order chi connectivity index (χ0) is 12.0. The van der Waals surface area contributed by atoms with Gasteiger partial charge >= 0.3 is 0 Å². The number of hydrogen-bond acceptors (Lipinski definition) is 2. The summed E-state index contributed by atoms with van der Waals surface area (Å²) in [4.78, 5) is 2.62. The SMILES string of the molecule is Cc1cc(CN2CC3CCC2C3)cc(C)c1O. The van der Waals surface area contributed by atoms with Gasteiger partial charge in [0.2, 0.25) is 0 Å². The first kappa shape index (κ1) is 11.1. The minimum Gasteiger partial charge on any atom is -0.507 e. The second kappa shape index (κ2) is 4.02. The minimum atomic E-state index is 0.455. The Bertz CT molecular complexity index is 418. The highest BCUT2D eigenvalue weighted by molar-refractivity contribution is 5.42. The number of hydrogen-bond donors (Lipinski definition) is 1. The molecule has 1 aliphatic carbocycles. The van der Waals surface area contributed by atoms with Crippen LogP contribution in [0.5, 0.6) is 5.75 Å². The highest BCUT2D eigenvalue weighted by Gasteiger charge is 2.37. The van der Waals surface area contributed by atoms with Crippen LogP contribution in [0, 0.1) is 19.8 Å². The number of phenols is 1. The van der Waals surface area contributed by atoms with Gasteiger partial charge in [-0.2, -0.15) is 0 Å². The number of likely N-dealkylation sites (tertiary alicyclic amines) is 1. The van der Waals surface area contributed by atoms with Gasteiger partial charge in [-0.3, -0.25) is 4.90 Å². The average molecular weight is 231 g/mol. The van der Waals surface area contributed by atoms with Gasteiger partial charge in [-0.05, 0) is 55.7 Å². The molecule has 2 unspecified atom stereocenters. The van der Waals surface area contributed by atoms with Crippen molar-refractivity contribution in [2.45, 2.75) is 45.7 Å². The van der Waals surface area contributed by atoms with E-state index in [2.05, 4.69) is 17.0 Å². The summed E-state index contributed by atoms with van der Waals surface area (Å²) in [6, 6.07) is 5.09. The van der Waals surface area contributed by atoms with Crippen molar-refractivity contribution in [3.05, 3.63) is 28.8 Å². The Hall–Kier alpha value is -1.02. The first-order valence-corrected chi connectivity index (χ1v) is 6.66. The summed E-state index contributed by atoms with van der Waals surface area (Å²) in [6.45, 7) is 6.32. The summed E-state index contributed by atoms with van der Waals surface area (Å²) < 4.78 is 0. The van der Waals surface area contributed by atoms with Crippen LogP contribution in [0.3, 0.4) is 0 Å². The third kappa shape index (κ3) is 1.95. The lowest BCUT2D eigenvalue weighted by Gasteiger charge is -2.27. The van der Waals surface area contributed by atoms with E-state index in [0.29, 0.717) is 5.75 Å². The fraction of sp³-hybridized carbons (Fsp3) is 0.600. The number of rotatable bonds is 2. The summed E-state index contributed by atoms with van der Waals surface area (Å²) in [5.41, 5.74) is 3.36. The van der Waals surface area contributed by atoms with Crippen LogP contribution in [0.4, 0.5) is 0 Å². The van der Waals surface area contributed by atoms with Crippen molar-refractivity contribution in [1.82, 2.24) is 4.90 Å². The Labute approximate surface area is 103 Å². The Morgan fingerprint density at radius 3 is 2.47 bits per heavy atom. The van der Waals surface area contributed by atoms with Gasteiger partial charge in [0.05, 0.1) is 0 Å². The van der Waals surface area contributed by atoms with Crippen molar-refractivity contribution in [3.63, 3.8) is 0 Å². The van der Waals surface area contributed by atoms with Crippen molar-refractivity contribution < 1.29 is 5.11 Å². The quantitative estimate of drug-likeness (QED) is 0.845. The Kier molecular flexibility index (Phi) is 2.62. The molecule has 2 atom stereocenters. The largest absolute Gasteiger partial charge is 0.507 e. The third-order valence-corrected chi connectivity index (χ3v) is 4.46. The van der Waals surface area contributed by atoms with E-state index < -0.39 is 0 Å². The van der Waals surface area contributed by atoms with Crippen molar-refractivity contribution >= 4 is 0 Å².